The van der Waals surface area contributed by atoms with Gasteiger partial charge in [0.15, 0.2) is 0 Å². The summed E-state index contributed by atoms with van der Waals surface area (Å²) in [6.07, 6.45) is 0.358. The molecule has 0 aliphatic carbocycles. The van der Waals surface area contributed by atoms with E-state index in [1.54, 1.807) is 13.8 Å². The lowest BCUT2D eigenvalue weighted by atomic mass is 9.96. The van der Waals surface area contributed by atoms with E-state index >= 15 is 0 Å². The second-order valence-electron chi connectivity index (χ2n) is 4.81. The Balaban J connectivity index is 2.23. The third-order valence-corrected chi connectivity index (χ3v) is 2.95. The number of pyridine rings is 1. The number of nitrogens with two attached hydrogens (primary N) is 1. The van der Waals surface area contributed by atoms with Crippen LogP contribution >= 0.6 is 0 Å². The SMILES string of the molecule is CCOC(=O)C(C)(N)Cc1ccc2ccccc2n1. The summed E-state index contributed by atoms with van der Waals surface area (Å²) in [6.45, 7) is 3.76. The molecule has 2 N–H and O–H groups in total. The zero-order valence-corrected chi connectivity index (χ0v) is 11.2. The number of hydrogen-bond donors (Lipinski definition) is 1. The van der Waals surface area contributed by atoms with Crippen molar-refractivity contribution in [2.24, 2.45) is 5.73 Å². The molecule has 0 fully saturated rings. The Morgan fingerprint density at radius 2 is 2.05 bits per heavy atom. The normalized spacial score (nSPS) is 14.1. The molecule has 19 heavy (non-hydrogen) atoms. The van der Waals surface area contributed by atoms with Crippen LogP contribution in [0.1, 0.15) is 19.5 Å². The first-order chi connectivity index (χ1) is 9.03. The number of ether oxygens (including phenoxy) is 1. The van der Waals surface area contributed by atoms with Gasteiger partial charge in [-0.15, -0.1) is 0 Å². The van der Waals surface area contributed by atoms with Crippen molar-refractivity contribution in [2.75, 3.05) is 6.61 Å². The highest BCUT2D eigenvalue weighted by molar-refractivity contribution is 5.81. The fraction of sp³-hybridized carbons (Fsp3) is 0.333. The fourth-order valence-corrected chi connectivity index (χ4v) is 1.95. The van der Waals surface area contributed by atoms with E-state index in [9.17, 15) is 4.79 Å². The van der Waals surface area contributed by atoms with Crippen LogP contribution in [0.4, 0.5) is 0 Å². The predicted octanol–water partition coefficient (Wildman–Crippen LogP) is 2.06. The van der Waals surface area contributed by atoms with E-state index in [2.05, 4.69) is 4.98 Å². The zero-order chi connectivity index (χ0) is 13.9. The number of hydrogen-bond acceptors (Lipinski definition) is 4. The number of esters is 1. The van der Waals surface area contributed by atoms with Crippen molar-refractivity contribution in [3.05, 3.63) is 42.1 Å². The number of carbonyl (C=O) groups is 1. The van der Waals surface area contributed by atoms with Crippen LogP contribution in [0, 0.1) is 0 Å². The van der Waals surface area contributed by atoms with Gasteiger partial charge in [0.25, 0.3) is 0 Å². The highest BCUT2D eigenvalue weighted by Gasteiger charge is 2.30. The molecule has 0 spiro atoms. The Bertz CT molecular complexity index is 593. The summed E-state index contributed by atoms with van der Waals surface area (Å²) in [6, 6.07) is 11.7. The summed E-state index contributed by atoms with van der Waals surface area (Å²) in [5, 5.41) is 1.07. The molecule has 1 heterocycles. The number of para-hydroxylation sites is 1. The highest BCUT2D eigenvalue weighted by atomic mass is 16.5. The first kappa shape index (κ1) is 13.5. The minimum Gasteiger partial charge on any atom is -0.465 e. The van der Waals surface area contributed by atoms with Gasteiger partial charge in [0.1, 0.15) is 5.54 Å². The van der Waals surface area contributed by atoms with E-state index in [-0.39, 0.29) is 0 Å². The summed E-state index contributed by atoms with van der Waals surface area (Å²) in [4.78, 5) is 16.3. The topological polar surface area (TPSA) is 65.2 Å². The van der Waals surface area contributed by atoms with E-state index in [0.29, 0.717) is 13.0 Å². The average Bonchev–Trinajstić information content (AvgIpc) is 2.38. The summed E-state index contributed by atoms with van der Waals surface area (Å²) in [5.74, 6) is -0.398. The Morgan fingerprint density at radius 1 is 1.32 bits per heavy atom. The van der Waals surface area contributed by atoms with Gasteiger partial charge in [-0.2, -0.15) is 0 Å². The second-order valence-corrected chi connectivity index (χ2v) is 4.81. The van der Waals surface area contributed by atoms with Crippen molar-refractivity contribution in [3.8, 4) is 0 Å². The quantitative estimate of drug-likeness (QED) is 0.852. The number of carbonyl (C=O) groups excluding carboxylic acids is 1. The van der Waals surface area contributed by atoms with E-state index in [4.69, 9.17) is 10.5 Å². The largest absolute Gasteiger partial charge is 0.465 e. The molecule has 1 aromatic carbocycles. The molecule has 2 aromatic rings. The lowest BCUT2D eigenvalue weighted by Gasteiger charge is -2.21. The molecule has 1 aromatic heterocycles. The standard InChI is InChI=1S/C15H18N2O2/c1-3-19-14(18)15(2,16)10-12-9-8-11-6-4-5-7-13(11)17-12/h4-9H,3,10,16H2,1-2H3. The summed E-state index contributed by atoms with van der Waals surface area (Å²) in [5.41, 5.74) is 6.65. The highest BCUT2D eigenvalue weighted by Crippen LogP contribution is 2.16. The van der Waals surface area contributed by atoms with Crippen molar-refractivity contribution in [1.82, 2.24) is 4.98 Å². The van der Waals surface area contributed by atoms with Crippen LogP contribution < -0.4 is 5.73 Å². The van der Waals surface area contributed by atoms with E-state index < -0.39 is 11.5 Å². The monoisotopic (exact) mass is 258 g/mol. The maximum Gasteiger partial charge on any atom is 0.326 e. The van der Waals surface area contributed by atoms with Crippen molar-refractivity contribution < 1.29 is 9.53 Å². The van der Waals surface area contributed by atoms with E-state index in [1.807, 2.05) is 36.4 Å². The van der Waals surface area contributed by atoms with Crippen molar-refractivity contribution in [2.45, 2.75) is 25.8 Å². The van der Waals surface area contributed by atoms with Crippen molar-refractivity contribution in [1.29, 1.82) is 0 Å². The maximum absolute atomic E-state index is 11.8. The third kappa shape index (κ3) is 3.09. The summed E-state index contributed by atoms with van der Waals surface area (Å²) < 4.78 is 4.97. The van der Waals surface area contributed by atoms with Gasteiger partial charge in [-0.25, -0.2) is 0 Å². The second kappa shape index (κ2) is 5.36. The van der Waals surface area contributed by atoms with Gasteiger partial charge in [0, 0.05) is 17.5 Å². The minimum absolute atomic E-state index is 0.330. The summed E-state index contributed by atoms with van der Waals surface area (Å²) in [7, 11) is 0. The number of rotatable bonds is 4. The van der Waals surface area contributed by atoms with E-state index in [0.717, 1.165) is 16.6 Å². The molecule has 100 valence electrons. The molecule has 4 nitrogen and oxygen atoms in total. The van der Waals surface area contributed by atoms with Crippen LogP contribution in [0.2, 0.25) is 0 Å². The molecule has 0 saturated carbocycles. The lowest BCUT2D eigenvalue weighted by Crippen LogP contribution is -2.48. The average molecular weight is 258 g/mol. The Morgan fingerprint density at radius 3 is 2.79 bits per heavy atom. The molecule has 0 aliphatic rings. The Labute approximate surface area is 112 Å². The van der Waals surface area contributed by atoms with Gasteiger partial charge in [-0.1, -0.05) is 24.3 Å². The summed E-state index contributed by atoms with van der Waals surface area (Å²) >= 11 is 0. The van der Waals surface area contributed by atoms with Crippen LogP contribution in [-0.2, 0) is 16.0 Å². The number of benzene rings is 1. The van der Waals surface area contributed by atoms with E-state index in [1.165, 1.54) is 0 Å². The van der Waals surface area contributed by atoms with Gasteiger partial charge in [-0.3, -0.25) is 9.78 Å². The fourth-order valence-electron chi connectivity index (χ4n) is 1.95. The van der Waals surface area contributed by atoms with Gasteiger partial charge < -0.3 is 10.5 Å². The number of fused-ring (bicyclic) bond motifs is 1. The third-order valence-electron chi connectivity index (χ3n) is 2.95. The van der Waals surface area contributed by atoms with Crippen LogP contribution in [-0.4, -0.2) is 23.1 Å². The number of nitrogens with zero attached hydrogens (tertiary/aromatic N) is 1. The molecular weight excluding hydrogens is 240 g/mol. The van der Waals surface area contributed by atoms with Gasteiger partial charge in [0.05, 0.1) is 12.1 Å². The molecule has 0 bridgehead atoms. The van der Waals surface area contributed by atoms with Gasteiger partial charge in [-0.05, 0) is 26.0 Å². The molecule has 0 amide bonds. The van der Waals surface area contributed by atoms with Gasteiger partial charge in [0.2, 0.25) is 0 Å². The molecule has 2 rings (SSSR count). The van der Waals surface area contributed by atoms with Crippen LogP contribution in [0.5, 0.6) is 0 Å². The number of aromatic nitrogens is 1. The molecule has 0 aliphatic heterocycles. The first-order valence-electron chi connectivity index (χ1n) is 6.34. The van der Waals surface area contributed by atoms with Crippen molar-refractivity contribution >= 4 is 16.9 Å². The van der Waals surface area contributed by atoms with Crippen LogP contribution in [0.15, 0.2) is 36.4 Å². The van der Waals surface area contributed by atoms with Crippen LogP contribution in [0.25, 0.3) is 10.9 Å². The minimum atomic E-state index is -1.05. The predicted molar refractivity (Wildman–Crippen MR) is 74.7 cm³/mol. The molecule has 0 saturated heterocycles. The Hall–Kier alpha value is -1.94. The van der Waals surface area contributed by atoms with Gasteiger partial charge >= 0.3 is 5.97 Å². The van der Waals surface area contributed by atoms with Crippen molar-refractivity contribution in [3.63, 3.8) is 0 Å². The lowest BCUT2D eigenvalue weighted by molar-refractivity contribution is -0.148. The molecule has 4 heteroatoms. The maximum atomic E-state index is 11.8. The molecule has 1 unspecified atom stereocenters. The smallest absolute Gasteiger partial charge is 0.326 e. The first-order valence-corrected chi connectivity index (χ1v) is 6.34. The Kier molecular flexibility index (Phi) is 3.81. The molecule has 1 atom stereocenters. The van der Waals surface area contributed by atoms with Crippen LogP contribution in [0.3, 0.4) is 0 Å². The zero-order valence-electron chi connectivity index (χ0n) is 11.2. The molecular formula is C15H18N2O2. The molecule has 0 radical (unpaired) electrons.